The maximum Gasteiger partial charge on any atom is 0.146 e. The quantitative estimate of drug-likeness (QED) is 0.731. The summed E-state index contributed by atoms with van der Waals surface area (Å²) in [6, 6.07) is 2.31. The van der Waals surface area contributed by atoms with Crippen LogP contribution < -0.4 is 5.32 Å². The van der Waals surface area contributed by atoms with E-state index >= 15 is 0 Å². The lowest BCUT2D eigenvalue weighted by Crippen LogP contribution is -2.19. The standard InChI is InChI=1S/C12H21N5/c1-4-17-10-15-16-11(17)8-14-7-5-6-12(2,3)9-13/h10,14H,4-8H2,1-3H3. The molecule has 1 N–H and O–H groups in total. The zero-order valence-electron chi connectivity index (χ0n) is 10.9. The van der Waals surface area contributed by atoms with Gasteiger partial charge in [-0.3, -0.25) is 0 Å². The smallest absolute Gasteiger partial charge is 0.146 e. The predicted octanol–water partition coefficient (Wildman–Crippen LogP) is 1.72. The molecule has 0 unspecified atom stereocenters. The summed E-state index contributed by atoms with van der Waals surface area (Å²) in [5.74, 6) is 0.965. The molecule has 0 atom stereocenters. The molecule has 0 saturated carbocycles. The van der Waals surface area contributed by atoms with Crippen molar-refractivity contribution in [3.63, 3.8) is 0 Å². The van der Waals surface area contributed by atoms with E-state index < -0.39 is 0 Å². The van der Waals surface area contributed by atoms with Crippen LogP contribution in [0.5, 0.6) is 0 Å². The highest BCUT2D eigenvalue weighted by Gasteiger charge is 2.15. The molecule has 0 amide bonds. The zero-order valence-corrected chi connectivity index (χ0v) is 10.9. The summed E-state index contributed by atoms with van der Waals surface area (Å²) in [5, 5.41) is 20.1. The zero-order chi connectivity index (χ0) is 12.7. The van der Waals surface area contributed by atoms with Crippen molar-refractivity contribution in [1.29, 1.82) is 5.26 Å². The van der Waals surface area contributed by atoms with Crippen LogP contribution in [0.15, 0.2) is 6.33 Å². The average molecular weight is 235 g/mol. The number of hydrogen-bond donors (Lipinski definition) is 1. The predicted molar refractivity (Wildman–Crippen MR) is 66.0 cm³/mol. The number of aryl methyl sites for hydroxylation is 1. The van der Waals surface area contributed by atoms with Gasteiger partial charge in [0.1, 0.15) is 12.2 Å². The molecular formula is C12H21N5. The molecule has 1 aromatic heterocycles. The van der Waals surface area contributed by atoms with E-state index in [-0.39, 0.29) is 5.41 Å². The van der Waals surface area contributed by atoms with Crippen molar-refractivity contribution in [3.05, 3.63) is 12.2 Å². The minimum atomic E-state index is -0.217. The van der Waals surface area contributed by atoms with Crippen LogP contribution in [0.4, 0.5) is 0 Å². The molecule has 0 aliphatic rings. The van der Waals surface area contributed by atoms with Crippen molar-refractivity contribution < 1.29 is 0 Å². The largest absolute Gasteiger partial charge is 0.317 e. The van der Waals surface area contributed by atoms with Crippen LogP contribution in [-0.2, 0) is 13.1 Å². The molecule has 0 fully saturated rings. The third kappa shape index (κ3) is 4.53. The molecule has 0 aliphatic heterocycles. The van der Waals surface area contributed by atoms with Gasteiger partial charge in [-0.15, -0.1) is 10.2 Å². The van der Waals surface area contributed by atoms with Crippen LogP contribution in [-0.4, -0.2) is 21.3 Å². The highest BCUT2D eigenvalue weighted by Crippen LogP contribution is 2.19. The number of aromatic nitrogens is 3. The number of nitrogens with one attached hydrogen (secondary N) is 1. The Bertz CT molecular complexity index is 374. The monoisotopic (exact) mass is 235 g/mol. The Kier molecular flexibility index (Phi) is 5.11. The van der Waals surface area contributed by atoms with Gasteiger partial charge < -0.3 is 9.88 Å². The van der Waals surface area contributed by atoms with Gasteiger partial charge in [-0.1, -0.05) is 0 Å². The number of rotatable bonds is 7. The van der Waals surface area contributed by atoms with E-state index in [1.54, 1.807) is 6.33 Å². The minimum Gasteiger partial charge on any atom is -0.317 e. The molecular weight excluding hydrogens is 214 g/mol. The van der Waals surface area contributed by atoms with Crippen molar-refractivity contribution >= 4 is 0 Å². The Morgan fingerprint density at radius 1 is 1.53 bits per heavy atom. The van der Waals surface area contributed by atoms with Gasteiger partial charge in [0.15, 0.2) is 0 Å². The van der Waals surface area contributed by atoms with Gasteiger partial charge in [-0.25, -0.2) is 0 Å². The number of nitriles is 1. The number of hydrogen-bond acceptors (Lipinski definition) is 4. The van der Waals surface area contributed by atoms with Crippen molar-refractivity contribution in [2.75, 3.05) is 6.54 Å². The molecule has 0 bridgehead atoms. The lowest BCUT2D eigenvalue weighted by atomic mass is 9.90. The van der Waals surface area contributed by atoms with Gasteiger partial charge in [0.2, 0.25) is 0 Å². The van der Waals surface area contributed by atoms with Crippen LogP contribution >= 0.6 is 0 Å². The first-order chi connectivity index (χ1) is 8.09. The molecule has 94 valence electrons. The molecule has 0 aromatic carbocycles. The topological polar surface area (TPSA) is 66.5 Å². The first kappa shape index (κ1) is 13.7. The fourth-order valence-electron chi connectivity index (χ4n) is 1.59. The fraction of sp³-hybridized carbons (Fsp3) is 0.750. The summed E-state index contributed by atoms with van der Waals surface area (Å²) >= 11 is 0. The highest BCUT2D eigenvalue weighted by atomic mass is 15.3. The second-order valence-electron chi connectivity index (χ2n) is 4.81. The second kappa shape index (κ2) is 6.36. The lowest BCUT2D eigenvalue weighted by Gasteiger charge is -2.14. The van der Waals surface area contributed by atoms with E-state index in [9.17, 15) is 0 Å². The molecule has 0 aliphatic carbocycles. The molecule has 1 heterocycles. The van der Waals surface area contributed by atoms with Gasteiger partial charge in [-0.2, -0.15) is 5.26 Å². The van der Waals surface area contributed by atoms with E-state index in [2.05, 4.69) is 28.5 Å². The summed E-state index contributed by atoms with van der Waals surface area (Å²) < 4.78 is 2.02. The Balaban J connectivity index is 2.19. The summed E-state index contributed by atoms with van der Waals surface area (Å²) in [4.78, 5) is 0. The third-order valence-corrected chi connectivity index (χ3v) is 2.78. The van der Waals surface area contributed by atoms with Gasteiger partial charge in [0.05, 0.1) is 18.0 Å². The first-order valence-electron chi connectivity index (χ1n) is 6.07. The van der Waals surface area contributed by atoms with Crippen molar-refractivity contribution in [2.24, 2.45) is 5.41 Å². The van der Waals surface area contributed by atoms with E-state index in [4.69, 9.17) is 5.26 Å². The Morgan fingerprint density at radius 2 is 2.29 bits per heavy atom. The van der Waals surface area contributed by atoms with Gasteiger partial charge in [0, 0.05) is 6.54 Å². The van der Waals surface area contributed by atoms with Crippen LogP contribution in [0.3, 0.4) is 0 Å². The molecule has 1 aromatic rings. The van der Waals surface area contributed by atoms with E-state index in [1.807, 2.05) is 18.4 Å². The Morgan fingerprint density at radius 3 is 2.94 bits per heavy atom. The Hall–Kier alpha value is -1.41. The maximum absolute atomic E-state index is 8.88. The summed E-state index contributed by atoms with van der Waals surface area (Å²) in [6.07, 6.45) is 3.66. The van der Waals surface area contributed by atoms with Crippen molar-refractivity contribution in [3.8, 4) is 6.07 Å². The van der Waals surface area contributed by atoms with Crippen LogP contribution in [0.2, 0.25) is 0 Å². The summed E-state index contributed by atoms with van der Waals surface area (Å²) in [6.45, 7) is 8.55. The molecule has 17 heavy (non-hydrogen) atoms. The fourth-order valence-corrected chi connectivity index (χ4v) is 1.59. The third-order valence-electron chi connectivity index (χ3n) is 2.78. The molecule has 0 spiro atoms. The molecule has 5 nitrogen and oxygen atoms in total. The molecule has 5 heteroatoms. The summed E-state index contributed by atoms with van der Waals surface area (Å²) in [7, 11) is 0. The van der Waals surface area contributed by atoms with E-state index in [0.29, 0.717) is 0 Å². The van der Waals surface area contributed by atoms with E-state index in [1.165, 1.54) is 0 Å². The molecule has 0 saturated heterocycles. The average Bonchev–Trinajstić information content (AvgIpc) is 2.76. The molecule has 0 radical (unpaired) electrons. The SMILES string of the molecule is CCn1cnnc1CNCCCC(C)(C)C#N. The van der Waals surface area contributed by atoms with E-state index in [0.717, 1.165) is 38.3 Å². The van der Waals surface area contributed by atoms with Crippen LogP contribution in [0.1, 0.15) is 39.4 Å². The maximum atomic E-state index is 8.88. The van der Waals surface area contributed by atoms with Gasteiger partial charge >= 0.3 is 0 Å². The normalized spacial score (nSPS) is 11.4. The summed E-state index contributed by atoms with van der Waals surface area (Å²) in [5.41, 5.74) is -0.217. The first-order valence-corrected chi connectivity index (χ1v) is 6.07. The van der Waals surface area contributed by atoms with Gasteiger partial charge in [-0.05, 0) is 40.2 Å². The molecule has 1 rings (SSSR count). The number of nitrogens with zero attached hydrogens (tertiary/aromatic N) is 4. The van der Waals surface area contributed by atoms with Crippen LogP contribution in [0, 0.1) is 16.7 Å². The van der Waals surface area contributed by atoms with Gasteiger partial charge in [0.25, 0.3) is 0 Å². The Labute approximate surface area is 103 Å². The van der Waals surface area contributed by atoms with Crippen molar-refractivity contribution in [1.82, 2.24) is 20.1 Å². The van der Waals surface area contributed by atoms with Crippen molar-refractivity contribution in [2.45, 2.75) is 46.7 Å². The van der Waals surface area contributed by atoms with Crippen LogP contribution in [0.25, 0.3) is 0 Å². The lowest BCUT2D eigenvalue weighted by molar-refractivity contribution is 0.424. The minimum absolute atomic E-state index is 0.217. The second-order valence-corrected chi connectivity index (χ2v) is 4.81. The highest BCUT2D eigenvalue weighted by molar-refractivity contribution is 4.91.